The number of hydrogen-bond acceptors (Lipinski definition) is 6. The van der Waals surface area contributed by atoms with E-state index in [9.17, 15) is 4.79 Å². The smallest absolute Gasteiger partial charge is 0.231 e. The lowest BCUT2D eigenvalue weighted by molar-refractivity contribution is -0.133. The Morgan fingerprint density at radius 2 is 1.70 bits per heavy atom. The lowest BCUT2D eigenvalue weighted by Gasteiger charge is -2.45. The standard InChI is InChI=1S/C33H39N3O4/c37-32(22-26-11-12-30-31(21-26)40-25-39-30)36-17-14-33(15-18-36)13-5-3-8-27-7-1-2-10-29(27)38-20-19-35(24-33)23-28-9-4-6-16-34-28/h1-2,4,6-7,9-12,16,21H,3,5,8,13-15,17-20,22-25H2. The molecule has 7 nitrogen and oxygen atoms in total. The lowest BCUT2D eigenvalue weighted by Crippen LogP contribution is -2.48. The number of carbonyl (C=O) groups is 1. The summed E-state index contributed by atoms with van der Waals surface area (Å²) in [7, 11) is 0. The Bertz CT molecular complexity index is 1290. The van der Waals surface area contributed by atoms with E-state index in [0.29, 0.717) is 13.0 Å². The molecule has 0 aliphatic carbocycles. The summed E-state index contributed by atoms with van der Waals surface area (Å²) in [5.41, 5.74) is 3.55. The molecule has 1 spiro atoms. The summed E-state index contributed by atoms with van der Waals surface area (Å²) in [4.78, 5) is 22.5. The highest BCUT2D eigenvalue weighted by atomic mass is 16.7. The zero-order chi connectivity index (χ0) is 27.2. The lowest BCUT2D eigenvalue weighted by atomic mass is 9.73. The average Bonchev–Trinajstić information content (AvgIpc) is 3.44. The number of aryl methyl sites for hydroxylation is 1. The molecule has 0 atom stereocenters. The summed E-state index contributed by atoms with van der Waals surface area (Å²) in [6.07, 6.45) is 8.87. The molecule has 210 valence electrons. The predicted molar refractivity (Wildman–Crippen MR) is 154 cm³/mol. The molecule has 0 N–H and O–H groups in total. The molecule has 0 saturated carbocycles. The van der Waals surface area contributed by atoms with Crippen LogP contribution in [0, 0.1) is 5.41 Å². The fraction of sp³-hybridized carbons (Fsp3) is 0.455. The van der Waals surface area contributed by atoms with Crippen molar-refractivity contribution in [1.29, 1.82) is 0 Å². The molecule has 3 aliphatic heterocycles. The molecule has 1 saturated heterocycles. The molecule has 1 aromatic heterocycles. The Morgan fingerprint density at radius 1 is 0.850 bits per heavy atom. The van der Waals surface area contributed by atoms with Crippen molar-refractivity contribution in [1.82, 2.24) is 14.8 Å². The Balaban J connectivity index is 1.14. The number of hydrogen-bond donors (Lipinski definition) is 0. The highest BCUT2D eigenvalue weighted by Gasteiger charge is 2.37. The number of carbonyl (C=O) groups excluding carboxylic acids is 1. The first kappa shape index (κ1) is 26.6. The summed E-state index contributed by atoms with van der Waals surface area (Å²) in [6, 6.07) is 20.4. The van der Waals surface area contributed by atoms with Gasteiger partial charge in [0.2, 0.25) is 12.7 Å². The molecule has 40 heavy (non-hydrogen) atoms. The number of fused-ring (bicyclic) bond motifs is 2. The van der Waals surface area contributed by atoms with E-state index in [2.05, 4.69) is 51.2 Å². The van der Waals surface area contributed by atoms with Crippen molar-refractivity contribution in [2.45, 2.75) is 51.5 Å². The van der Waals surface area contributed by atoms with Crippen molar-refractivity contribution >= 4 is 5.91 Å². The molecular formula is C33H39N3O4. The second-order valence-corrected chi connectivity index (χ2v) is 11.4. The zero-order valence-electron chi connectivity index (χ0n) is 23.2. The summed E-state index contributed by atoms with van der Waals surface area (Å²) >= 11 is 0. The Labute approximate surface area is 237 Å². The van der Waals surface area contributed by atoms with Crippen LogP contribution in [0.3, 0.4) is 0 Å². The van der Waals surface area contributed by atoms with Crippen LogP contribution in [0.15, 0.2) is 66.9 Å². The number of benzene rings is 2. The average molecular weight is 542 g/mol. The first-order valence-corrected chi connectivity index (χ1v) is 14.7. The van der Waals surface area contributed by atoms with Gasteiger partial charge in [0.15, 0.2) is 11.5 Å². The minimum absolute atomic E-state index is 0.184. The van der Waals surface area contributed by atoms with Gasteiger partial charge in [-0.05, 0) is 79.0 Å². The molecule has 1 fully saturated rings. The topological polar surface area (TPSA) is 64.1 Å². The normalized spacial score (nSPS) is 19.2. The van der Waals surface area contributed by atoms with Gasteiger partial charge in [-0.1, -0.05) is 36.8 Å². The van der Waals surface area contributed by atoms with Gasteiger partial charge in [0.05, 0.1) is 12.1 Å². The van der Waals surface area contributed by atoms with E-state index in [0.717, 1.165) is 86.9 Å². The number of amides is 1. The van der Waals surface area contributed by atoms with Gasteiger partial charge in [0, 0.05) is 38.9 Å². The van der Waals surface area contributed by atoms with E-state index in [4.69, 9.17) is 14.2 Å². The zero-order valence-corrected chi connectivity index (χ0v) is 23.2. The Morgan fingerprint density at radius 3 is 2.58 bits per heavy atom. The van der Waals surface area contributed by atoms with E-state index < -0.39 is 0 Å². The maximum Gasteiger partial charge on any atom is 0.231 e. The molecule has 4 heterocycles. The van der Waals surface area contributed by atoms with Gasteiger partial charge >= 0.3 is 0 Å². The Hall–Kier alpha value is -3.58. The molecule has 3 aromatic rings. The van der Waals surface area contributed by atoms with E-state index in [-0.39, 0.29) is 18.1 Å². The summed E-state index contributed by atoms with van der Waals surface area (Å²) in [5.74, 6) is 2.69. The number of pyridine rings is 1. The summed E-state index contributed by atoms with van der Waals surface area (Å²) in [6.45, 7) is 5.16. The number of ether oxygens (including phenoxy) is 3. The summed E-state index contributed by atoms with van der Waals surface area (Å²) in [5, 5.41) is 0. The van der Waals surface area contributed by atoms with Crippen molar-refractivity contribution < 1.29 is 19.0 Å². The minimum atomic E-state index is 0.184. The van der Waals surface area contributed by atoms with Crippen molar-refractivity contribution in [2.75, 3.05) is 39.6 Å². The monoisotopic (exact) mass is 541 g/mol. The first-order valence-electron chi connectivity index (χ1n) is 14.7. The van der Waals surface area contributed by atoms with Gasteiger partial charge in [0.1, 0.15) is 12.4 Å². The third kappa shape index (κ3) is 6.41. The molecule has 3 aliphatic rings. The van der Waals surface area contributed by atoms with E-state index >= 15 is 0 Å². The van der Waals surface area contributed by atoms with Crippen LogP contribution in [0.2, 0.25) is 0 Å². The largest absolute Gasteiger partial charge is 0.492 e. The van der Waals surface area contributed by atoms with Gasteiger partial charge < -0.3 is 19.1 Å². The van der Waals surface area contributed by atoms with Gasteiger partial charge in [-0.25, -0.2) is 0 Å². The third-order valence-electron chi connectivity index (χ3n) is 8.68. The highest BCUT2D eigenvalue weighted by molar-refractivity contribution is 5.79. The van der Waals surface area contributed by atoms with Gasteiger partial charge in [-0.3, -0.25) is 14.7 Å². The molecule has 2 aromatic carbocycles. The highest BCUT2D eigenvalue weighted by Crippen LogP contribution is 2.39. The van der Waals surface area contributed by atoms with Crippen LogP contribution in [0.25, 0.3) is 0 Å². The number of para-hydroxylation sites is 1. The molecule has 0 radical (unpaired) electrons. The maximum atomic E-state index is 13.3. The molecule has 6 rings (SSSR count). The van der Waals surface area contributed by atoms with Crippen LogP contribution in [-0.4, -0.2) is 60.3 Å². The van der Waals surface area contributed by atoms with Crippen molar-refractivity contribution in [2.24, 2.45) is 5.41 Å². The predicted octanol–water partition coefficient (Wildman–Crippen LogP) is 5.27. The van der Waals surface area contributed by atoms with Gasteiger partial charge in [0.25, 0.3) is 0 Å². The molecular weight excluding hydrogens is 502 g/mol. The van der Waals surface area contributed by atoms with E-state index in [1.165, 1.54) is 18.4 Å². The van der Waals surface area contributed by atoms with Crippen molar-refractivity contribution in [3.05, 3.63) is 83.7 Å². The quantitative estimate of drug-likeness (QED) is 0.449. The minimum Gasteiger partial charge on any atom is -0.492 e. The van der Waals surface area contributed by atoms with Crippen LogP contribution < -0.4 is 14.2 Å². The van der Waals surface area contributed by atoms with Crippen molar-refractivity contribution in [3.8, 4) is 17.2 Å². The first-order chi connectivity index (χ1) is 19.7. The van der Waals surface area contributed by atoms with E-state index in [1.807, 2.05) is 30.5 Å². The number of nitrogens with zero attached hydrogens (tertiary/aromatic N) is 3. The van der Waals surface area contributed by atoms with Crippen LogP contribution in [0.5, 0.6) is 17.2 Å². The van der Waals surface area contributed by atoms with Crippen LogP contribution in [0.1, 0.15) is 48.9 Å². The number of rotatable bonds is 4. The fourth-order valence-corrected chi connectivity index (χ4v) is 6.42. The molecule has 7 heteroatoms. The van der Waals surface area contributed by atoms with Crippen LogP contribution in [-0.2, 0) is 24.2 Å². The number of likely N-dealkylation sites (tertiary alicyclic amines) is 1. The third-order valence-corrected chi connectivity index (χ3v) is 8.68. The van der Waals surface area contributed by atoms with E-state index in [1.54, 1.807) is 0 Å². The fourth-order valence-electron chi connectivity index (χ4n) is 6.42. The SMILES string of the molecule is O=C(Cc1ccc2c(c1)OCO2)N1CCC2(CCCCc3ccccc3OCCN(Cc3ccccn3)C2)CC1. The second kappa shape index (κ2) is 12.3. The molecule has 0 unspecified atom stereocenters. The van der Waals surface area contributed by atoms with Gasteiger partial charge in [-0.2, -0.15) is 0 Å². The molecule has 1 amide bonds. The van der Waals surface area contributed by atoms with Crippen molar-refractivity contribution in [3.63, 3.8) is 0 Å². The number of aromatic nitrogens is 1. The summed E-state index contributed by atoms with van der Waals surface area (Å²) < 4.78 is 17.2. The Kier molecular flexibility index (Phi) is 8.19. The maximum absolute atomic E-state index is 13.3. The molecule has 0 bridgehead atoms. The van der Waals surface area contributed by atoms with Crippen LogP contribution in [0.4, 0.5) is 0 Å². The van der Waals surface area contributed by atoms with Gasteiger partial charge in [-0.15, -0.1) is 0 Å². The number of piperidine rings is 1. The van der Waals surface area contributed by atoms with Crippen LogP contribution >= 0.6 is 0 Å². The second-order valence-electron chi connectivity index (χ2n) is 11.4.